The Kier molecular flexibility index (Phi) is 3.96. The topological polar surface area (TPSA) is 77.3 Å². The van der Waals surface area contributed by atoms with Gasteiger partial charge in [-0.05, 0) is 43.5 Å². The summed E-state index contributed by atoms with van der Waals surface area (Å²) < 4.78 is 5.64. The number of hydrogen-bond donors (Lipinski definition) is 1. The fraction of sp³-hybridized carbons (Fsp3) is 0.400. The van der Waals surface area contributed by atoms with Crippen LogP contribution in [0.15, 0.2) is 30.5 Å². The minimum atomic E-state index is -0.353. The van der Waals surface area contributed by atoms with Gasteiger partial charge in [-0.3, -0.25) is 15.1 Å². The zero-order valence-electron chi connectivity index (χ0n) is 11.6. The van der Waals surface area contributed by atoms with Gasteiger partial charge in [-0.2, -0.15) is 0 Å². The SMILES string of the molecule is O=[N+]([O-])c1c(NCC2CCCCO2)ccc2ncccc12. The summed E-state index contributed by atoms with van der Waals surface area (Å²) in [7, 11) is 0. The molecule has 1 unspecified atom stereocenters. The second-order valence-electron chi connectivity index (χ2n) is 5.16. The number of nitro benzene ring substituents is 1. The lowest BCUT2D eigenvalue weighted by molar-refractivity contribution is -0.382. The third kappa shape index (κ3) is 2.95. The van der Waals surface area contributed by atoms with Crippen molar-refractivity contribution in [2.24, 2.45) is 0 Å². The molecular weight excluding hydrogens is 270 g/mol. The van der Waals surface area contributed by atoms with E-state index in [1.807, 2.05) is 0 Å². The summed E-state index contributed by atoms with van der Waals surface area (Å²) in [5.41, 5.74) is 1.23. The zero-order valence-corrected chi connectivity index (χ0v) is 11.6. The molecule has 110 valence electrons. The molecule has 1 atom stereocenters. The van der Waals surface area contributed by atoms with Crippen molar-refractivity contribution in [3.05, 3.63) is 40.6 Å². The number of fused-ring (bicyclic) bond motifs is 1. The van der Waals surface area contributed by atoms with Crippen molar-refractivity contribution in [1.29, 1.82) is 0 Å². The summed E-state index contributed by atoms with van der Waals surface area (Å²) in [5.74, 6) is 0. The number of hydrogen-bond acceptors (Lipinski definition) is 5. The van der Waals surface area contributed by atoms with Gasteiger partial charge >= 0.3 is 5.69 Å². The van der Waals surface area contributed by atoms with Gasteiger partial charge in [-0.15, -0.1) is 0 Å². The van der Waals surface area contributed by atoms with Crippen LogP contribution in [0.3, 0.4) is 0 Å². The number of pyridine rings is 1. The summed E-state index contributed by atoms with van der Waals surface area (Å²) in [6.45, 7) is 1.36. The molecule has 0 saturated carbocycles. The average Bonchev–Trinajstić information content (AvgIpc) is 2.53. The predicted octanol–water partition coefficient (Wildman–Crippen LogP) is 3.12. The van der Waals surface area contributed by atoms with Crippen molar-refractivity contribution >= 4 is 22.3 Å². The van der Waals surface area contributed by atoms with Crippen molar-refractivity contribution in [1.82, 2.24) is 4.98 Å². The van der Waals surface area contributed by atoms with Gasteiger partial charge in [-0.1, -0.05) is 0 Å². The molecule has 0 radical (unpaired) electrons. The van der Waals surface area contributed by atoms with Crippen molar-refractivity contribution in [3.8, 4) is 0 Å². The van der Waals surface area contributed by atoms with Crippen molar-refractivity contribution in [2.75, 3.05) is 18.5 Å². The van der Waals surface area contributed by atoms with Crippen LogP contribution in [0.25, 0.3) is 10.9 Å². The van der Waals surface area contributed by atoms with E-state index in [4.69, 9.17) is 4.74 Å². The molecule has 1 fully saturated rings. The van der Waals surface area contributed by atoms with Crippen LogP contribution in [0.2, 0.25) is 0 Å². The second kappa shape index (κ2) is 6.05. The Morgan fingerprint density at radius 3 is 3.05 bits per heavy atom. The highest BCUT2D eigenvalue weighted by Gasteiger charge is 2.20. The van der Waals surface area contributed by atoms with Crippen LogP contribution in [-0.2, 0) is 4.74 Å². The first-order chi connectivity index (χ1) is 10.3. The molecule has 1 aromatic carbocycles. The summed E-state index contributed by atoms with van der Waals surface area (Å²) in [6, 6.07) is 6.95. The molecule has 1 aromatic heterocycles. The van der Waals surface area contributed by atoms with Gasteiger partial charge in [0.1, 0.15) is 5.69 Å². The van der Waals surface area contributed by atoms with Gasteiger partial charge in [0.15, 0.2) is 0 Å². The van der Waals surface area contributed by atoms with Crippen molar-refractivity contribution in [3.63, 3.8) is 0 Å². The lowest BCUT2D eigenvalue weighted by Crippen LogP contribution is -2.27. The van der Waals surface area contributed by atoms with E-state index in [2.05, 4.69) is 10.3 Å². The minimum Gasteiger partial charge on any atom is -0.377 e. The third-order valence-corrected chi connectivity index (χ3v) is 3.73. The zero-order chi connectivity index (χ0) is 14.7. The molecule has 1 aliphatic heterocycles. The maximum absolute atomic E-state index is 11.4. The van der Waals surface area contributed by atoms with Gasteiger partial charge in [0.25, 0.3) is 0 Å². The third-order valence-electron chi connectivity index (χ3n) is 3.73. The van der Waals surface area contributed by atoms with Crippen LogP contribution < -0.4 is 5.32 Å². The van der Waals surface area contributed by atoms with Crippen molar-refractivity contribution < 1.29 is 9.66 Å². The first kappa shape index (κ1) is 13.8. The summed E-state index contributed by atoms with van der Waals surface area (Å²) >= 11 is 0. The smallest absolute Gasteiger partial charge is 0.301 e. The summed E-state index contributed by atoms with van der Waals surface area (Å²) in [5, 5.41) is 15.1. The van der Waals surface area contributed by atoms with Gasteiger partial charge in [-0.25, -0.2) is 0 Å². The predicted molar refractivity (Wildman–Crippen MR) is 80.5 cm³/mol. The Morgan fingerprint density at radius 1 is 1.38 bits per heavy atom. The Balaban J connectivity index is 1.87. The van der Waals surface area contributed by atoms with Crippen LogP contribution >= 0.6 is 0 Å². The second-order valence-corrected chi connectivity index (χ2v) is 5.16. The molecule has 0 bridgehead atoms. The van der Waals surface area contributed by atoms with Crippen LogP contribution in [0.5, 0.6) is 0 Å². The maximum Gasteiger partial charge on any atom is 0.301 e. The molecule has 3 rings (SSSR count). The fourth-order valence-electron chi connectivity index (χ4n) is 2.67. The lowest BCUT2D eigenvalue weighted by Gasteiger charge is -2.23. The van der Waals surface area contributed by atoms with E-state index in [9.17, 15) is 10.1 Å². The molecule has 1 aliphatic rings. The monoisotopic (exact) mass is 287 g/mol. The summed E-state index contributed by atoms with van der Waals surface area (Å²) in [6.07, 6.45) is 5.00. The standard InChI is InChI=1S/C15H17N3O3/c19-18(20)15-12-5-3-8-16-13(12)6-7-14(15)17-10-11-4-1-2-9-21-11/h3,5-8,11,17H,1-2,4,9-10H2. The fourth-order valence-corrected chi connectivity index (χ4v) is 2.67. The van der Waals surface area contributed by atoms with Gasteiger partial charge in [0.05, 0.1) is 21.9 Å². The molecule has 0 amide bonds. The normalized spacial score (nSPS) is 18.6. The molecule has 6 heteroatoms. The van der Waals surface area contributed by atoms with Crippen molar-refractivity contribution in [2.45, 2.75) is 25.4 Å². The van der Waals surface area contributed by atoms with E-state index >= 15 is 0 Å². The largest absolute Gasteiger partial charge is 0.377 e. The molecular formula is C15H17N3O3. The quantitative estimate of drug-likeness (QED) is 0.690. The van der Waals surface area contributed by atoms with E-state index in [0.29, 0.717) is 23.1 Å². The number of benzene rings is 1. The lowest BCUT2D eigenvalue weighted by atomic mass is 10.1. The van der Waals surface area contributed by atoms with E-state index in [0.717, 1.165) is 25.9 Å². The number of ether oxygens (including phenoxy) is 1. The van der Waals surface area contributed by atoms with E-state index in [-0.39, 0.29) is 16.7 Å². The summed E-state index contributed by atoms with van der Waals surface area (Å²) in [4.78, 5) is 15.2. The Hall–Kier alpha value is -2.21. The van der Waals surface area contributed by atoms with Crippen LogP contribution in [0.1, 0.15) is 19.3 Å². The first-order valence-electron chi connectivity index (χ1n) is 7.13. The average molecular weight is 287 g/mol. The number of rotatable bonds is 4. The van der Waals surface area contributed by atoms with Crippen LogP contribution in [0.4, 0.5) is 11.4 Å². The van der Waals surface area contributed by atoms with E-state index in [1.54, 1.807) is 30.5 Å². The van der Waals surface area contributed by atoms with Gasteiger partial charge < -0.3 is 10.1 Å². The highest BCUT2D eigenvalue weighted by Crippen LogP contribution is 2.32. The molecule has 2 heterocycles. The Bertz CT molecular complexity index is 654. The molecule has 0 spiro atoms. The molecule has 1 saturated heterocycles. The first-order valence-corrected chi connectivity index (χ1v) is 7.13. The van der Waals surface area contributed by atoms with Gasteiger partial charge in [0.2, 0.25) is 0 Å². The number of anilines is 1. The number of nitrogens with zero attached hydrogens (tertiary/aromatic N) is 2. The molecule has 2 aromatic rings. The molecule has 6 nitrogen and oxygen atoms in total. The van der Waals surface area contributed by atoms with Crippen LogP contribution in [0, 0.1) is 10.1 Å². The van der Waals surface area contributed by atoms with Gasteiger partial charge in [0, 0.05) is 19.3 Å². The molecule has 0 aliphatic carbocycles. The number of nitrogens with one attached hydrogen (secondary N) is 1. The van der Waals surface area contributed by atoms with Crippen LogP contribution in [-0.4, -0.2) is 29.2 Å². The Morgan fingerprint density at radius 2 is 2.29 bits per heavy atom. The van der Waals surface area contributed by atoms with E-state index in [1.165, 1.54) is 0 Å². The maximum atomic E-state index is 11.4. The highest BCUT2D eigenvalue weighted by atomic mass is 16.6. The van der Waals surface area contributed by atoms with E-state index < -0.39 is 0 Å². The minimum absolute atomic E-state index is 0.0800. The Labute approximate surface area is 122 Å². The number of aromatic nitrogens is 1. The highest BCUT2D eigenvalue weighted by molar-refractivity contribution is 5.94. The molecule has 1 N–H and O–H groups in total. The molecule has 21 heavy (non-hydrogen) atoms. The number of nitro groups is 1.